The Morgan fingerprint density at radius 2 is 1.95 bits per heavy atom. The smallest absolute Gasteiger partial charge is 0.347 e. The maximum Gasteiger partial charge on any atom is 0.408 e. The normalized spacial score (nSPS) is 34.1. The molecule has 2 fully saturated rings. The van der Waals surface area contributed by atoms with Gasteiger partial charge in [0.1, 0.15) is 11.1 Å². The summed E-state index contributed by atoms with van der Waals surface area (Å²) in [5.74, 6) is 1.65. The number of thioether (sulfide) groups is 1. The van der Waals surface area contributed by atoms with Crippen molar-refractivity contribution in [1.29, 1.82) is 0 Å². The van der Waals surface area contributed by atoms with Crippen LogP contribution in [0.3, 0.4) is 0 Å². The number of amidine groups is 1. The summed E-state index contributed by atoms with van der Waals surface area (Å²) < 4.78 is 41.5. The van der Waals surface area contributed by atoms with Gasteiger partial charge in [0.25, 0.3) is 0 Å². The van der Waals surface area contributed by atoms with Gasteiger partial charge >= 0.3 is 6.18 Å². The molecule has 0 bridgehead atoms. The van der Waals surface area contributed by atoms with Crippen LogP contribution in [0.1, 0.15) is 58.3 Å². The van der Waals surface area contributed by atoms with Crippen LogP contribution in [0.4, 0.5) is 13.2 Å². The molecule has 1 saturated carbocycles. The number of hydrogen-bond acceptors (Lipinski definition) is 7. The van der Waals surface area contributed by atoms with Crippen LogP contribution in [-0.2, 0) is 0 Å². The molecule has 3 atom stereocenters. The number of likely N-dealkylation sites (N-methyl/N-ethyl adjacent to an activating group) is 1. The van der Waals surface area contributed by atoms with Gasteiger partial charge in [-0.1, -0.05) is 36.4 Å². The number of allylic oxidation sites excluding steroid dienone is 5. The summed E-state index contributed by atoms with van der Waals surface area (Å²) in [4.78, 5) is 14.8. The van der Waals surface area contributed by atoms with Gasteiger partial charge in [0.05, 0.1) is 5.70 Å². The summed E-state index contributed by atoms with van der Waals surface area (Å²) in [5, 5.41) is 6.86. The van der Waals surface area contributed by atoms with E-state index < -0.39 is 12.2 Å². The molecule has 0 radical (unpaired) electrons. The number of piperidine rings is 1. The lowest BCUT2D eigenvalue weighted by atomic mass is 9.66. The van der Waals surface area contributed by atoms with Crippen molar-refractivity contribution in [3.63, 3.8) is 0 Å². The zero-order valence-electron chi connectivity index (χ0n) is 22.5. The molecular weight excluding hydrogens is 521 g/mol. The largest absolute Gasteiger partial charge is 0.408 e. The first-order chi connectivity index (χ1) is 18.7. The van der Waals surface area contributed by atoms with Crippen LogP contribution in [0, 0.1) is 16.7 Å². The van der Waals surface area contributed by atoms with Crippen molar-refractivity contribution in [1.82, 2.24) is 20.4 Å². The first kappa shape index (κ1) is 24.6. The molecule has 0 aromatic carbocycles. The number of halogens is 3. The fourth-order valence-electron chi connectivity index (χ4n) is 8.52. The van der Waals surface area contributed by atoms with E-state index in [0.717, 1.165) is 36.2 Å². The average Bonchev–Trinajstić information content (AvgIpc) is 3.55. The molecule has 3 aliphatic carbocycles. The summed E-state index contributed by atoms with van der Waals surface area (Å²) in [7, 11) is 2.01. The van der Waals surface area contributed by atoms with Crippen LogP contribution in [-0.4, -0.2) is 66.7 Å². The van der Waals surface area contributed by atoms with E-state index in [1.54, 1.807) is 11.1 Å². The molecule has 2 N–H and O–H groups in total. The minimum absolute atomic E-state index is 0.0568. The summed E-state index contributed by atoms with van der Waals surface area (Å²) in [5.41, 5.74) is 6.12. The standard InChI is InChI=1S/C29H35F3N6S/c1-16-15-33-22(29(30,31)32)21-18(16)13-20-25(39-21)34-23-24(37(20)2)36-26(35-23)38-11-9-27(10-12-38)14-17-5-3-4-6-19(17)28(27)7-8-28/h4,6,16,22,24,33H,3,5,7-15H2,1-2H3,(H,34,35,36). The number of rotatable bonds is 0. The number of hydrogen-bond donors (Lipinski definition) is 2. The third-order valence-corrected chi connectivity index (χ3v) is 12.1. The Labute approximate surface area is 231 Å². The molecule has 10 heteroatoms. The minimum Gasteiger partial charge on any atom is -0.347 e. The van der Waals surface area contributed by atoms with Crippen LogP contribution in [0.15, 0.2) is 54.5 Å². The van der Waals surface area contributed by atoms with Crippen molar-refractivity contribution < 1.29 is 13.2 Å². The van der Waals surface area contributed by atoms with Crippen LogP contribution >= 0.6 is 11.8 Å². The highest BCUT2D eigenvalue weighted by Gasteiger charge is 2.64. The van der Waals surface area contributed by atoms with Crippen molar-refractivity contribution in [2.75, 3.05) is 26.7 Å². The van der Waals surface area contributed by atoms with Gasteiger partial charge in [0, 0.05) is 43.4 Å². The first-order valence-corrected chi connectivity index (χ1v) is 15.3. The predicted molar refractivity (Wildman–Crippen MR) is 148 cm³/mol. The lowest BCUT2D eigenvalue weighted by molar-refractivity contribution is -0.146. The van der Waals surface area contributed by atoms with Crippen molar-refractivity contribution in [2.45, 2.75) is 76.7 Å². The molecular formula is C29H35F3N6S. The summed E-state index contributed by atoms with van der Waals surface area (Å²) >= 11 is 1.19. The maximum absolute atomic E-state index is 13.8. The Hall–Kier alpha value is -2.20. The van der Waals surface area contributed by atoms with Crippen molar-refractivity contribution >= 4 is 23.6 Å². The second kappa shape index (κ2) is 8.18. The van der Waals surface area contributed by atoms with E-state index in [0.29, 0.717) is 33.7 Å². The van der Waals surface area contributed by atoms with Gasteiger partial charge in [-0.2, -0.15) is 13.2 Å². The minimum atomic E-state index is -4.32. The van der Waals surface area contributed by atoms with Gasteiger partial charge in [0.15, 0.2) is 12.0 Å². The average molecular weight is 557 g/mol. The number of likely N-dealkylation sites (tertiary alicyclic amines) is 1. The van der Waals surface area contributed by atoms with Gasteiger partial charge in [-0.05, 0) is 67.4 Å². The number of nitrogens with zero attached hydrogens (tertiary/aromatic N) is 4. The van der Waals surface area contributed by atoms with E-state index in [2.05, 4.69) is 32.6 Å². The van der Waals surface area contributed by atoms with Gasteiger partial charge in [-0.3, -0.25) is 0 Å². The number of guanidine groups is 1. The van der Waals surface area contributed by atoms with E-state index in [-0.39, 0.29) is 12.1 Å². The molecule has 0 amide bonds. The second-order valence-corrected chi connectivity index (χ2v) is 13.8. The maximum atomic E-state index is 13.8. The zero-order valence-corrected chi connectivity index (χ0v) is 23.3. The molecule has 0 aromatic heterocycles. The highest BCUT2D eigenvalue weighted by molar-refractivity contribution is 8.06. The topological polar surface area (TPSA) is 55.3 Å². The van der Waals surface area contributed by atoms with Crippen molar-refractivity contribution in [3.8, 4) is 0 Å². The fraction of sp³-hybridized carbons (Fsp3) is 0.655. The fourth-order valence-corrected chi connectivity index (χ4v) is 9.94. The number of nitrogens with one attached hydrogen (secondary N) is 2. The monoisotopic (exact) mass is 556 g/mol. The van der Waals surface area contributed by atoms with Crippen molar-refractivity contribution in [3.05, 3.63) is 44.5 Å². The molecule has 2 spiro atoms. The zero-order chi connectivity index (χ0) is 26.7. The number of fused-ring (bicyclic) bond motifs is 3. The molecule has 8 aliphatic rings. The van der Waals surface area contributed by atoms with Crippen LogP contribution < -0.4 is 10.6 Å². The van der Waals surface area contributed by atoms with Gasteiger partial charge in [-0.15, -0.1) is 0 Å². The third kappa shape index (κ3) is 3.46. The van der Waals surface area contributed by atoms with E-state index in [1.165, 1.54) is 56.7 Å². The Bertz CT molecular complexity index is 1320. The molecule has 208 valence electrons. The third-order valence-electron chi connectivity index (χ3n) is 10.8. The number of aliphatic imine (C=N–C) groups is 2. The van der Waals surface area contributed by atoms with E-state index in [1.807, 2.05) is 14.0 Å². The lowest BCUT2D eigenvalue weighted by Gasteiger charge is -2.45. The SMILES string of the molecule is CC1CNC(C(F)(F)F)C2=C1CC1=C(N=C3NC(N4CCC5(CC4)CC4=C(C=CCC4)C54CC4)=NC3N1C)S2. The molecule has 3 unspecified atom stereocenters. The summed E-state index contributed by atoms with van der Waals surface area (Å²) in [6, 6.07) is -1.61. The van der Waals surface area contributed by atoms with Gasteiger partial charge < -0.3 is 20.4 Å². The Kier molecular flexibility index (Phi) is 5.16. The van der Waals surface area contributed by atoms with E-state index >= 15 is 0 Å². The molecule has 39 heavy (non-hydrogen) atoms. The van der Waals surface area contributed by atoms with E-state index in [4.69, 9.17) is 9.98 Å². The molecule has 8 rings (SSSR count). The van der Waals surface area contributed by atoms with Gasteiger partial charge in [-0.25, -0.2) is 9.98 Å². The van der Waals surface area contributed by atoms with Gasteiger partial charge in [0.2, 0.25) is 5.96 Å². The van der Waals surface area contributed by atoms with Crippen LogP contribution in [0.2, 0.25) is 0 Å². The highest BCUT2D eigenvalue weighted by atomic mass is 32.2. The Morgan fingerprint density at radius 3 is 2.69 bits per heavy atom. The molecule has 5 aliphatic heterocycles. The summed E-state index contributed by atoms with van der Waals surface area (Å²) in [6.07, 6.45) is 9.53. The number of alkyl halides is 3. The Morgan fingerprint density at radius 1 is 1.15 bits per heavy atom. The molecule has 6 nitrogen and oxygen atoms in total. The van der Waals surface area contributed by atoms with E-state index in [9.17, 15) is 13.2 Å². The molecule has 0 aromatic rings. The van der Waals surface area contributed by atoms with Crippen LogP contribution in [0.25, 0.3) is 0 Å². The van der Waals surface area contributed by atoms with Crippen molar-refractivity contribution in [2.24, 2.45) is 26.7 Å². The highest BCUT2D eigenvalue weighted by Crippen LogP contribution is 2.74. The first-order valence-electron chi connectivity index (χ1n) is 14.4. The lowest BCUT2D eigenvalue weighted by Crippen LogP contribution is -2.51. The van der Waals surface area contributed by atoms with Crippen LogP contribution in [0.5, 0.6) is 0 Å². The molecule has 1 saturated heterocycles. The second-order valence-electron chi connectivity index (χ2n) is 12.7. The molecule has 5 heterocycles. The Balaban J connectivity index is 0.995. The predicted octanol–water partition coefficient (Wildman–Crippen LogP) is 5.26. The summed E-state index contributed by atoms with van der Waals surface area (Å²) in [6.45, 7) is 4.31. The quantitative estimate of drug-likeness (QED) is 0.427.